The molecule has 0 saturated carbocycles. The predicted octanol–water partition coefficient (Wildman–Crippen LogP) is 1.61. The van der Waals surface area contributed by atoms with E-state index in [0.29, 0.717) is 5.56 Å². The highest BCUT2D eigenvalue weighted by molar-refractivity contribution is 5.98. The molecule has 16 heavy (non-hydrogen) atoms. The molecule has 0 spiro atoms. The van der Waals surface area contributed by atoms with Gasteiger partial charge < -0.3 is 10.2 Å². The molecule has 4 heteroatoms. The van der Waals surface area contributed by atoms with Gasteiger partial charge in [0.1, 0.15) is 0 Å². The fourth-order valence-electron chi connectivity index (χ4n) is 1.37. The van der Waals surface area contributed by atoms with Crippen LogP contribution >= 0.6 is 0 Å². The Morgan fingerprint density at radius 1 is 1.19 bits per heavy atom. The van der Waals surface area contributed by atoms with Crippen LogP contribution in [0.2, 0.25) is 0 Å². The third-order valence-corrected chi connectivity index (χ3v) is 2.31. The van der Waals surface area contributed by atoms with Gasteiger partial charge in [0.2, 0.25) is 0 Å². The van der Waals surface area contributed by atoms with Crippen molar-refractivity contribution < 1.29 is 15.0 Å². The molecule has 1 rings (SSSR count). The number of aromatic hydroxyl groups is 2. The molecule has 4 nitrogen and oxygen atoms in total. The van der Waals surface area contributed by atoms with Crippen LogP contribution in [0.4, 0.5) is 0 Å². The van der Waals surface area contributed by atoms with Crippen molar-refractivity contribution in [1.82, 2.24) is 0 Å². The lowest BCUT2D eigenvalue weighted by molar-refractivity contribution is 0.0938. The summed E-state index contributed by atoms with van der Waals surface area (Å²) in [5.41, 5.74) is -0.149. The standard InChI is InChI=1S/C12H14O4/c1-6(2)11(15)8-5-10(14)12(16)9(13)4-7(8)3/h4-6H,1-3H3,(H2,13,14,16). The Bertz CT molecular complexity index is 489. The molecule has 0 saturated heterocycles. The van der Waals surface area contributed by atoms with Gasteiger partial charge >= 0.3 is 0 Å². The fraction of sp³-hybridized carbons (Fsp3) is 0.333. The van der Waals surface area contributed by atoms with E-state index in [1.807, 2.05) is 0 Å². The van der Waals surface area contributed by atoms with Crippen molar-refractivity contribution in [3.63, 3.8) is 0 Å². The van der Waals surface area contributed by atoms with E-state index in [0.717, 1.165) is 6.07 Å². The van der Waals surface area contributed by atoms with Gasteiger partial charge in [0.15, 0.2) is 17.3 Å². The first-order chi connectivity index (χ1) is 7.34. The first-order valence-corrected chi connectivity index (χ1v) is 4.95. The number of carbonyl (C=O) groups excluding carboxylic acids is 1. The number of aryl methyl sites for hydroxylation is 1. The van der Waals surface area contributed by atoms with Crippen LogP contribution in [-0.4, -0.2) is 16.0 Å². The Morgan fingerprint density at radius 3 is 2.19 bits per heavy atom. The van der Waals surface area contributed by atoms with Gasteiger partial charge in [0, 0.05) is 11.5 Å². The van der Waals surface area contributed by atoms with E-state index in [9.17, 15) is 19.8 Å². The molecule has 0 radical (unpaired) electrons. The van der Waals surface area contributed by atoms with Crippen LogP contribution in [-0.2, 0) is 0 Å². The van der Waals surface area contributed by atoms with Gasteiger partial charge in [-0.3, -0.25) is 9.59 Å². The summed E-state index contributed by atoms with van der Waals surface area (Å²) in [7, 11) is 0. The lowest BCUT2D eigenvalue weighted by Crippen LogP contribution is -2.08. The molecule has 2 N–H and O–H groups in total. The Hall–Kier alpha value is -1.84. The van der Waals surface area contributed by atoms with Gasteiger partial charge in [-0.2, -0.15) is 0 Å². The van der Waals surface area contributed by atoms with Crippen molar-refractivity contribution in [2.75, 3.05) is 0 Å². The normalized spacial score (nSPS) is 10.5. The third kappa shape index (κ3) is 2.21. The van der Waals surface area contributed by atoms with Crippen molar-refractivity contribution in [1.29, 1.82) is 0 Å². The van der Waals surface area contributed by atoms with Gasteiger partial charge in [-0.15, -0.1) is 0 Å². The summed E-state index contributed by atoms with van der Waals surface area (Å²) in [6, 6.07) is 2.30. The zero-order valence-corrected chi connectivity index (χ0v) is 9.44. The van der Waals surface area contributed by atoms with Crippen LogP contribution in [0.25, 0.3) is 0 Å². The van der Waals surface area contributed by atoms with Crippen molar-refractivity contribution >= 4 is 5.78 Å². The predicted molar refractivity (Wildman–Crippen MR) is 59.9 cm³/mol. The summed E-state index contributed by atoms with van der Waals surface area (Å²) in [5.74, 6) is -1.59. The molecule has 0 fully saturated rings. The van der Waals surface area contributed by atoms with Gasteiger partial charge in [-0.05, 0) is 24.6 Å². The SMILES string of the molecule is Cc1cc(O)c(=O)c(O)cc1C(=O)C(C)C. The zero-order chi connectivity index (χ0) is 12.5. The largest absolute Gasteiger partial charge is 0.504 e. The number of Topliss-reactive ketones (excluding diaryl/α,β-unsaturated/α-hetero) is 1. The van der Waals surface area contributed by atoms with Crippen molar-refractivity contribution in [3.05, 3.63) is 33.5 Å². The molecule has 0 aliphatic heterocycles. The molecule has 0 aliphatic carbocycles. The van der Waals surface area contributed by atoms with E-state index in [2.05, 4.69) is 0 Å². The van der Waals surface area contributed by atoms with E-state index < -0.39 is 16.9 Å². The van der Waals surface area contributed by atoms with E-state index in [4.69, 9.17) is 0 Å². The monoisotopic (exact) mass is 222 g/mol. The molecular formula is C12H14O4. The summed E-state index contributed by atoms with van der Waals surface area (Å²) in [6.45, 7) is 5.06. The molecule has 0 bridgehead atoms. The minimum absolute atomic E-state index is 0.178. The van der Waals surface area contributed by atoms with Crippen LogP contribution in [0.15, 0.2) is 16.9 Å². The van der Waals surface area contributed by atoms with Gasteiger partial charge in [0.05, 0.1) is 0 Å². The van der Waals surface area contributed by atoms with Crippen LogP contribution in [0.5, 0.6) is 11.5 Å². The van der Waals surface area contributed by atoms with E-state index in [1.165, 1.54) is 6.07 Å². The van der Waals surface area contributed by atoms with Crippen molar-refractivity contribution in [3.8, 4) is 11.5 Å². The van der Waals surface area contributed by atoms with E-state index in [1.54, 1.807) is 20.8 Å². The molecule has 0 unspecified atom stereocenters. The maximum absolute atomic E-state index is 11.8. The molecule has 0 heterocycles. The minimum atomic E-state index is -0.870. The lowest BCUT2D eigenvalue weighted by atomic mass is 9.99. The smallest absolute Gasteiger partial charge is 0.261 e. The number of carbonyl (C=O) groups is 1. The van der Waals surface area contributed by atoms with Crippen LogP contribution in [0.3, 0.4) is 0 Å². The fourth-order valence-corrected chi connectivity index (χ4v) is 1.37. The van der Waals surface area contributed by atoms with Gasteiger partial charge in [-0.25, -0.2) is 0 Å². The molecule has 0 aliphatic rings. The average molecular weight is 222 g/mol. The number of ketones is 1. The molecule has 0 amide bonds. The minimum Gasteiger partial charge on any atom is -0.504 e. The highest BCUT2D eigenvalue weighted by Crippen LogP contribution is 2.18. The van der Waals surface area contributed by atoms with E-state index >= 15 is 0 Å². The molecular weight excluding hydrogens is 208 g/mol. The van der Waals surface area contributed by atoms with Crippen LogP contribution < -0.4 is 5.43 Å². The zero-order valence-electron chi connectivity index (χ0n) is 9.44. The second kappa shape index (κ2) is 4.35. The first-order valence-electron chi connectivity index (χ1n) is 4.95. The summed E-state index contributed by atoms with van der Waals surface area (Å²) in [5, 5.41) is 18.7. The van der Waals surface area contributed by atoms with Gasteiger partial charge in [0.25, 0.3) is 5.43 Å². The second-order valence-corrected chi connectivity index (χ2v) is 4.00. The quantitative estimate of drug-likeness (QED) is 0.745. The summed E-state index contributed by atoms with van der Waals surface area (Å²) >= 11 is 0. The Kier molecular flexibility index (Phi) is 3.32. The first kappa shape index (κ1) is 12.2. The highest BCUT2D eigenvalue weighted by Gasteiger charge is 2.15. The van der Waals surface area contributed by atoms with Crippen molar-refractivity contribution in [2.24, 2.45) is 5.92 Å². The summed E-state index contributed by atoms with van der Waals surface area (Å²) < 4.78 is 0. The van der Waals surface area contributed by atoms with Crippen molar-refractivity contribution in [2.45, 2.75) is 20.8 Å². The molecule has 1 aromatic rings. The number of rotatable bonds is 2. The third-order valence-electron chi connectivity index (χ3n) is 2.31. The van der Waals surface area contributed by atoms with Gasteiger partial charge in [-0.1, -0.05) is 13.8 Å². The summed E-state index contributed by atoms with van der Waals surface area (Å²) in [4.78, 5) is 23.0. The topological polar surface area (TPSA) is 74.6 Å². The molecule has 0 aromatic heterocycles. The number of hydrogen-bond donors (Lipinski definition) is 2. The summed E-state index contributed by atoms with van der Waals surface area (Å²) in [6.07, 6.45) is 0. The molecule has 0 atom stereocenters. The second-order valence-electron chi connectivity index (χ2n) is 4.00. The highest BCUT2D eigenvalue weighted by atomic mass is 16.3. The van der Waals surface area contributed by atoms with Crippen LogP contribution in [0.1, 0.15) is 29.8 Å². The maximum atomic E-state index is 11.8. The molecule has 86 valence electrons. The Morgan fingerprint density at radius 2 is 1.69 bits per heavy atom. The Labute approximate surface area is 93.2 Å². The maximum Gasteiger partial charge on any atom is 0.261 e. The Balaban J connectivity index is 3.56. The molecule has 1 aromatic carbocycles. The number of hydrogen-bond acceptors (Lipinski definition) is 4. The van der Waals surface area contributed by atoms with Crippen LogP contribution in [0, 0.1) is 12.8 Å². The van der Waals surface area contributed by atoms with E-state index in [-0.39, 0.29) is 17.3 Å². The average Bonchev–Trinajstić information content (AvgIpc) is 2.30. The lowest BCUT2D eigenvalue weighted by Gasteiger charge is -2.04.